The van der Waals surface area contributed by atoms with Crippen molar-refractivity contribution in [1.29, 1.82) is 0 Å². The molecule has 0 bridgehead atoms. The molecule has 1 N–H and O–H groups in total. The second kappa shape index (κ2) is 5.77. The van der Waals surface area contributed by atoms with Gasteiger partial charge in [-0.1, -0.05) is 12.1 Å². The summed E-state index contributed by atoms with van der Waals surface area (Å²) < 4.78 is 1.70. The third-order valence-electron chi connectivity index (χ3n) is 3.39. The summed E-state index contributed by atoms with van der Waals surface area (Å²) in [6.45, 7) is 2.40. The number of benzene rings is 1. The van der Waals surface area contributed by atoms with E-state index in [0.717, 1.165) is 16.9 Å². The van der Waals surface area contributed by atoms with Crippen LogP contribution in [-0.2, 0) is 13.6 Å². The molecule has 0 fully saturated rings. The minimum atomic E-state index is -0.0905. The maximum atomic E-state index is 12.1. The molecule has 0 unspecified atom stereocenters. The van der Waals surface area contributed by atoms with Gasteiger partial charge in [0.15, 0.2) is 0 Å². The van der Waals surface area contributed by atoms with Gasteiger partial charge in [-0.3, -0.25) is 9.48 Å². The van der Waals surface area contributed by atoms with Gasteiger partial charge in [-0.25, -0.2) is 0 Å². The standard InChI is InChI=1S/C15H20N4O/c1-11-14(10-17-19(11)4)15(20)16-9-12-5-7-13(8-6-12)18(2)3/h5-8,10H,9H2,1-4H3,(H,16,20). The van der Waals surface area contributed by atoms with E-state index in [9.17, 15) is 4.79 Å². The minimum Gasteiger partial charge on any atom is -0.378 e. The third-order valence-corrected chi connectivity index (χ3v) is 3.39. The van der Waals surface area contributed by atoms with Gasteiger partial charge in [-0.2, -0.15) is 5.10 Å². The predicted molar refractivity (Wildman–Crippen MR) is 79.9 cm³/mol. The average molecular weight is 272 g/mol. The highest BCUT2D eigenvalue weighted by Crippen LogP contribution is 2.12. The van der Waals surface area contributed by atoms with Gasteiger partial charge < -0.3 is 10.2 Å². The number of hydrogen-bond donors (Lipinski definition) is 1. The first-order chi connectivity index (χ1) is 9.49. The van der Waals surface area contributed by atoms with Gasteiger partial charge in [0.1, 0.15) is 0 Å². The van der Waals surface area contributed by atoms with Crippen LogP contribution in [0.5, 0.6) is 0 Å². The summed E-state index contributed by atoms with van der Waals surface area (Å²) in [6.07, 6.45) is 1.60. The molecular formula is C15H20N4O. The summed E-state index contributed by atoms with van der Waals surface area (Å²) in [5.74, 6) is -0.0905. The number of rotatable bonds is 4. The van der Waals surface area contributed by atoms with Crippen LogP contribution in [0.25, 0.3) is 0 Å². The maximum absolute atomic E-state index is 12.1. The van der Waals surface area contributed by atoms with E-state index in [4.69, 9.17) is 0 Å². The molecule has 0 aliphatic rings. The van der Waals surface area contributed by atoms with E-state index < -0.39 is 0 Å². The molecule has 0 radical (unpaired) electrons. The summed E-state index contributed by atoms with van der Waals surface area (Å²) in [5, 5.41) is 6.99. The second-order valence-electron chi connectivity index (χ2n) is 5.01. The highest BCUT2D eigenvalue weighted by molar-refractivity contribution is 5.94. The van der Waals surface area contributed by atoms with E-state index in [2.05, 4.69) is 10.4 Å². The van der Waals surface area contributed by atoms with Gasteiger partial charge >= 0.3 is 0 Å². The van der Waals surface area contributed by atoms with Crippen molar-refractivity contribution in [2.75, 3.05) is 19.0 Å². The molecule has 20 heavy (non-hydrogen) atoms. The number of aryl methyl sites for hydroxylation is 1. The molecule has 2 aromatic rings. The molecular weight excluding hydrogens is 252 g/mol. The number of amides is 1. The zero-order chi connectivity index (χ0) is 14.7. The van der Waals surface area contributed by atoms with E-state index in [-0.39, 0.29) is 5.91 Å². The Morgan fingerprint density at radius 3 is 2.45 bits per heavy atom. The Balaban J connectivity index is 1.98. The zero-order valence-electron chi connectivity index (χ0n) is 12.3. The van der Waals surface area contributed by atoms with Crippen LogP contribution in [0.15, 0.2) is 30.5 Å². The van der Waals surface area contributed by atoms with Crippen molar-refractivity contribution in [3.63, 3.8) is 0 Å². The molecule has 1 aromatic carbocycles. The SMILES string of the molecule is Cc1c(C(=O)NCc2ccc(N(C)C)cc2)cnn1C. The Bertz CT molecular complexity index is 599. The van der Waals surface area contributed by atoms with Crippen molar-refractivity contribution >= 4 is 11.6 Å². The van der Waals surface area contributed by atoms with Crippen molar-refractivity contribution in [3.8, 4) is 0 Å². The van der Waals surface area contributed by atoms with Crippen molar-refractivity contribution in [2.45, 2.75) is 13.5 Å². The summed E-state index contributed by atoms with van der Waals surface area (Å²) >= 11 is 0. The van der Waals surface area contributed by atoms with E-state index in [1.165, 1.54) is 0 Å². The number of aromatic nitrogens is 2. The first-order valence-corrected chi connectivity index (χ1v) is 6.52. The van der Waals surface area contributed by atoms with Gasteiger partial charge in [-0.05, 0) is 24.6 Å². The topological polar surface area (TPSA) is 50.2 Å². The molecule has 5 nitrogen and oxygen atoms in total. The van der Waals surface area contributed by atoms with Crippen LogP contribution in [0.3, 0.4) is 0 Å². The molecule has 1 aromatic heterocycles. The largest absolute Gasteiger partial charge is 0.378 e. The second-order valence-corrected chi connectivity index (χ2v) is 5.01. The van der Waals surface area contributed by atoms with E-state index in [1.807, 2.05) is 57.2 Å². The first-order valence-electron chi connectivity index (χ1n) is 6.52. The summed E-state index contributed by atoms with van der Waals surface area (Å²) in [6, 6.07) is 8.12. The first kappa shape index (κ1) is 14.1. The van der Waals surface area contributed by atoms with Crippen LogP contribution in [0, 0.1) is 6.92 Å². The molecule has 5 heteroatoms. The molecule has 0 aliphatic heterocycles. The van der Waals surface area contributed by atoms with Crippen LogP contribution in [-0.4, -0.2) is 29.8 Å². The van der Waals surface area contributed by atoms with Gasteiger partial charge in [0, 0.05) is 39.1 Å². The fraction of sp³-hybridized carbons (Fsp3) is 0.333. The molecule has 2 rings (SSSR count). The molecule has 0 saturated carbocycles. The number of anilines is 1. The lowest BCUT2D eigenvalue weighted by Crippen LogP contribution is -2.23. The summed E-state index contributed by atoms with van der Waals surface area (Å²) in [5.41, 5.74) is 3.71. The quantitative estimate of drug-likeness (QED) is 0.922. The van der Waals surface area contributed by atoms with E-state index >= 15 is 0 Å². The van der Waals surface area contributed by atoms with Crippen LogP contribution in [0.2, 0.25) is 0 Å². The van der Waals surface area contributed by atoms with Crippen molar-refractivity contribution in [2.24, 2.45) is 7.05 Å². The monoisotopic (exact) mass is 272 g/mol. The zero-order valence-corrected chi connectivity index (χ0v) is 12.3. The maximum Gasteiger partial charge on any atom is 0.255 e. The molecule has 0 saturated heterocycles. The predicted octanol–water partition coefficient (Wildman–Crippen LogP) is 1.72. The van der Waals surface area contributed by atoms with Gasteiger partial charge in [-0.15, -0.1) is 0 Å². The van der Waals surface area contributed by atoms with Crippen LogP contribution >= 0.6 is 0 Å². The number of carbonyl (C=O) groups excluding carboxylic acids is 1. The molecule has 1 amide bonds. The van der Waals surface area contributed by atoms with E-state index in [1.54, 1.807) is 10.9 Å². The smallest absolute Gasteiger partial charge is 0.255 e. The van der Waals surface area contributed by atoms with Crippen molar-refractivity contribution in [1.82, 2.24) is 15.1 Å². The normalized spacial score (nSPS) is 10.4. The lowest BCUT2D eigenvalue weighted by molar-refractivity contribution is 0.0950. The highest BCUT2D eigenvalue weighted by Gasteiger charge is 2.12. The van der Waals surface area contributed by atoms with Crippen LogP contribution in [0.1, 0.15) is 21.6 Å². The van der Waals surface area contributed by atoms with Gasteiger partial charge in [0.05, 0.1) is 11.8 Å². The van der Waals surface area contributed by atoms with Crippen molar-refractivity contribution in [3.05, 3.63) is 47.3 Å². The average Bonchev–Trinajstić information content (AvgIpc) is 2.77. The lowest BCUT2D eigenvalue weighted by atomic mass is 10.2. The summed E-state index contributed by atoms with van der Waals surface area (Å²) in [4.78, 5) is 14.1. The van der Waals surface area contributed by atoms with Crippen molar-refractivity contribution < 1.29 is 4.79 Å². The highest BCUT2D eigenvalue weighted by atomic mass is 16.1. The fourth-order valence-corrected chi connectivity index (χ4v) is 1.91. The number of nitrogens with zero attached hydrogens (tertiary/aromatic N) is 3. The Kier molecular flexibility index (Phi) is 4.08. The molecule has 106 valence electrons. The van der Waals surface area contributed by atoms with Gasteiger partial charge in [0.2, 0.25) is 0 Å². The Morgan fingerprint density at radius 1 is 1.30 bits per heavy atom. The Labute approximate surface area is 119 Å². The van der Waals surface area contributed by atoms with Crippen LogP contribution in [0.4, 0.5) is 5.69 Å². The molecule has 0 atom stereocenters. The molecule has 0 aliphatic carbocycles. The Morgan fingerprint density at radius 2 is 1.95 bits per heavy atom. The minimum absolute atomic E-state index is 0.0905. The van der Waals surface area contributed by atoms with Crippen LogP contribution < -0.4 is 10.2 Å². The number of hydrogen-bond acceptors (Lipinski definition) is 3. The summed E-state index contributed by atoms with van der Waals surface area (Å²) in [7, 11) is 5.83. The molecule has 1 heterocycles. The van der Waals surface area contributed by atoms with Gasteiger partial charge in [0.25, 0.3) is 5.91 Å². The lowest BCUT2D eigenvalue weighted by Gasteiger charge is -2.12. The Hall–Kier alpha value is -2.30. The third kappa shape index (κ3) is 2.99. The number of carbonyl (C=O) groups is 1. The fourth-order valence-electron chi connectivity index (χ4n) is 1.91. The number of nitrogens with one attached hydrogen (secondary N) is 1. The molecule has 0 spiro atoms. The van der Waals surface area contributed by atoms with E-state index in [0.29, 0.717) is 12.1 Å².